The van der Waals surface area contributed by atoms with Crippen molar-refractivity contribution in [1.82, 2.24) is 9.80 Å². The van der Waals surface area contributed by atoms with E-state index in [0.717, 1.165) is 43.6 Å². The van der Waals surface area contributed by atoms with Crippen molar-refractivity contribution in [1.29, 1.82) is 0 Å². The zero-order valence-corrected chi connectivity index (χ0v) is 17.4. The molecule has 0 atom stereocenters. The molecule has 3 rings (SSSR count). The summed E-state index contributed by atoms with van der Waals surface area (Å²) in [4.78, 5) is 18.2. The molecule has 1 amide bonds. The summed E-state index contributed by atoms with van der Waals surface area (Å²) in [5, 5.41) is 0. The molecule has 1 aliphatic heterocycles. The molecule has 0 N–H and O–H groups in total. The summed E-state index contributed by atoms with van der Waals surface area (Å²) in [7, 11) is 0. The van der Waals surface area contributed by atoms with E-state index in [-0.39, 0.29) is 5.91 Å². The third-order valence-corrected chi connectivity index (χ3v) is 6.68. The first kappa shape index (κ1) is 18.1. The normalized spacial score (nSPS) is 15.7. The molecule has 1 aromatic carbocycles. The average Bonchev–Trinajstić information content (AvgIpc) is 2.99. The Hall–Kier alpha value is -0.690. The number of benzene rings is 1. The fourth-order valence-electron chi connectivity index (χ4n) is 2.91. The molecule has 1 aromatic heterocycles. The zero-order chi connectivity index (χ0) is 16.9. The molecule has 1 saturated heterocycles. The molecule has 128 valence electrons. The van der Waals surface area contributed by atoms with Crippen molar-refractivity contribution in [2.24, 2.45) is 0 Å². The van der Waals surface area contributed by atoms with Crippen molar-refractivity contribution in [3.8, 4) is 0 Å². The van der Waals surface area contributed by atoms with Crippen LogP contribution in [-0.2, 0) is 17.8 Å². The first-order chi connectivity index (χ1) is 11.6. The Kier molecular flexibility index (Phi) is 6.49. The molecule has 24 heavy (non-hydrogen) atoms. The second-order valence-corrected chi connectivity index (χ2v) is 9.36. The van der Waals surface area contributed by atoms with E-state index in [1.807, 2.05) is 23.1 Å². The van der Waals surface area contributed by atoms with Crippen molar-refractivity contribution >= 4 is 49.1 Å². The van der Waals surface area contributed by atoms with Crippen LogP contribution in [0, 0.1) is 0 Å². The topological polar surface area (TPSA) is 23.6 Å². The lowest BCUT2D eigenvalue weighted by Gasteiger charge is -2.34. The molecule has 1 fully saturated rings. The van der Waals surface area contributed by atoms with E-state index in [2.05, 4.69) is 55.0 Å². The number of hydrogen-bond donors (Lipinski definition) is 0. The molecule has 2 aromatic rings. The molecule has 2 heterocycles. The minimum absolute atomic E-state index is 0.268. The molecule has 6 heteroatoms. The van der Waals surface area contributed by atoms with Gasteiger partial charge in [0.2, 0.25) is 5.91 Å². The zero-order valence-electron chi connectivity index (χ0n) is 13.4. The van der Waals surface area contributed by atoms with Gasteiger partial charge >= 0.3 is 0 Å². The molecule has 0 spiro atoms. The van der Waals surface area contributed by atoms with Crippen LogP contribution in [0.2, 0.25) is 0 Å². The van der Waals surface area contributed by atoms with Crippen LogP contribution in [-0.4, -0.2) is 41.9 Å². The van der Waals surface area contributed by atoms with Crippen LogP contribution < -0.4 is 0 Å². The maximum atomic E-state index is 12.4. The van der Waals surface area contributed by atoms with E-state index in [1.54, 1.807) is 11.3 Å². The monoisotopic (exact) mass is 470 g/mol. The largest absolute Gasteiger partial charge is 0.340 e. The number of carbonyl (C=O) groups excluding carboxylic acids is 1. The molecule has 0 saturated carbocycles. The van der Waals surface area contributed by atoms with Gasteiger partial charge in [0.05, 0.1) is 3.79 Å². The maximum absolute atomic E-state index is 12.4. The summed E-state index contributed by atoms with van der Waals surface area (Å²) in [5.74, 6) is 0.268. The average molecular weight is 472 g/mol. The Morgan fingerprint density at radius 1 is 1.04 bits per heavy atom. The summed E-state index contributed by atoms with van der Waals surface area (Å²) >= 11 is 8.85. The highest BCUT2D eigenvalue weighted by Gasteiger charge is 2.21. The van der Waals surface area contributed by atoms with Crippen LogP contribution in [0.15, 0.2) is 44.7 Å². The summed E-state index contributed by atoms with van der Waals surface area (Å²) in [6, 6.07) is 12.4. The second-order valence-electron chi connectivity index (χ2n) is 5.95. The maximum Gasteiger partial charge on any atom is 0.222 e. The third-order valence-electron chi connectivity index (χ3n) is 4.30. The van der Waals surface area contributed by atoms with Crippen LogP contribution in [0.3, 0.4) is 0 Å². The van der Waals surface area contributed by atoms with Crippen LogP contribution >= 0.6 is 43.2 Å². The number of hydrogen-bond acceptors (Lipinski definition) is 3. The molecule has 3 nitrogen and oxygen atoms in total. The standard InChI is InChI=1S/C18H20Br2N2OS/c19-16-4-2-1-3-14(16)5-8-18(23)22-11-9-21(10-12-22)13-15-6-7-17(20)24-15/h1-4,6-7H,5,8-13H2. The van der Waals surface area contributed by atoms with Gasteiger partial charge in [-0.15, -0.1) is 11.3 Å². The van der Waals surface area contributed by atoms with E-state index in [9.17, 15) is 4.79 Å². The van der Waals surface area contributed by atoms with Gasteiger partial charge in [-0.2, -0.15) is 0 Å². The van der Waals surface area contributed by atoms with Gasteiger partial charge in [-0.1, -0.05) is 34.1 Å². The van der Waals surface area contributed by atoms with Crippen molar-refractivity contribution < 1.29 is 4.79 Å². The minimum Gasteiger partial charge on any atom is -0.340 e. The predicted octanol–water partition coefficient (Wildman–Crippen LogP) is 4.55. The van der Waals surface area contributed by atoms with Crippen molar-refractivity contribution in [3.05, 3.63) is 55.1 Å². The Bertz CT molecular complexity index is 696. The van der Waals surface area contributed by atoms with Crippen LogP contribution in [0.4, 0.5) is 0 Å². The van der Waals surface area contributed by atoms with Gasteiger partial charge < -0.3 is 4.90 Å². The van der Waals surface area contributed by atoms with Crippen molar-refractivity contribution in [2.45, 2.75) is 19.4 Å². The van der Waals surface area contributed by atoms with Gasteiger partial charge in [-0.25, -0.2) is 0 Å². The Morgan fingerprint density at radius 3 is 2.46 bits per heavy atom. The molecular formula is C18H20Br2N2OS. The highest BCUT2D eigenvalue weighted by atomic mass is 79.9. The molecule has 0 unspecified atom stereocenters. The quantitative estimate of drug-likeness (QED) is 0.638. The number of nitrogens with zero attached hydrogens (tertiary/aromatic N) is 2. The summed E-state index contributed by atoms with van der Waals surface area (Å²) in [5.41, 5.74) is 1.20. The Morgan fingerprint density at radius 2 is 1.79 bits per heavy atom. The fourth-order valence-corrected chi connectivity index (χ4v) is 4.92. The van der Waals surface area contributed by atoms with Gasteiger partial charge in [0.1, 0.15) is 0 Å². The second kappa shape index (κ2) is 8.61. The number of halogens is 2. The molecule has 1 aliphatic rings. The van der Waals surface area contributed by atoms with Crippen LogP contribution in [0.1, 0.15) is 16.9 Å². The van der Waals surface area contributed by atoms with E-state index >= 15 is 0 Å². The van der Waals surface area contributed by atoms with E-state index in [4.69, 9.17) is 0 Å². The summed E-state index contributed by atoms with van der Waals surface area (Å²) in [6.45, 7) is 4.56. The highest BCUT2D eigenvalue weighted by molar-refractivity contribution is 9.11. The predicted molar refractivity (Wildman–Crippen MR) is 106 cm³/mol. The fraction of sp³-hybridized carbons (Fsp3) is 0.389. The summed E-state index contributed by atoms with van der Waals surface area (Å²) in [6.07, 6.45) is 1.38. The van der Waals surface area contributed by atoms with E-state index < -0.39 is 0 Å². The first-order valence-electron chi connectivity index (χ1n) is 8.09. The minimum atomic E-state index is 0.268. The summed E-state index contributed by atoms with van der Waals surface area (Å²) < 4.78 is 2.27. The number of thiophene rings is 1. The lowest BCUT2D eigenvalue weighted by Crippen LogP contribution is -2.48. The molecule has 0 aliphatic carbocycles. The lowest BCUT2D eigenvalue weighted by atomic mass is 10.1. The first-order valence-corrected chi connectivity index (χ1v) is 10.5. The Balaban J connectivity index is 1.44. The van der Waals surface area contributed by atoms with Crippen LogP contribution in [0.5, 0.6) is 0 Å². The lowest BCUT2D eigenvalue weighted by molar-refractivity contribution is -0.132. The number of rotatable bonds is 5. The molecular weight excluding hydrogens is 452 g/mol. The number of piperazine rings is 1. The molecule has 0 radical (unpaired) electrons. The van der Waals surface area contributed by atoms with Gasteiger partial charge in [0.15, 0.2) is 0 Å². The Labute approximate surface area is 163 Å². The highest BCUT2D eigenvalue weighted by Crippen LogP contribution is 2.24. The van der Waals surface area contributed by atoms with E-state index in [0.29, 0.717) is 6.42 Å². The van der Waals surface area contributed by atoms with Crippen LogP contribution in [0.25, 0.3) is 0 Å². The van der Waals surface area contributed by atoms with Crippen molar-refractivity contribution in [3.63, 3.8) is 0 Å². The number of amides is 1. The van der Waals surface area contributed by atoms with E-state index in [1.165, 1.54) is 14.2 Å². The third kappa shape index (κ3) is 4.91. The van der Waals surface area contributed by atoms with Gasteiger partial charge in [-0.05, 0) is 46.1 Å². The van der Waals surface area contributed by atoms with Crippen molar-refractivity contribution in [2.75, 3.05) is 26.2 Å². The van der Waals surface area contributed by atoms with Gasteiger partial charge in [0.25, 0.3) is 0 Å². The van der Waals surface area contributed by atoms with Gasteiger partial charge in [0, 0.05) is 48.5 Å². The number of carbonyl (C=O) groups is 1. The SMILES string of the molecule is O=C(CCc1ccccc1Br)N1CCN(Cc2ccc(Br)s2)CC1. The smallest absolute Gasteiger partial charge is 0.222 e. The van der Waals surface area contributed by atoms with Gasteiger partial charge in [-0.3, -0.25) is 9.69 Å². The molecule has 0 bridgehead atoms. The number of aryl methyl sites for hydroxylation is 1.